The fraction of sp³-hybridized carbons (Fsp3) is 0.390. The van der Waals surface area contributed by atoms with Gasteiger partial charge in [-0.3, -0.25) is 53.0 Å². The second-order valence-electron chi connectivity index (χ2n) is 30.6. The van der Waals surface area contributed by atoms with Crippen LogP contribution >= 0.6 is 46.4 Å². The number of aromatic hydroxyl groups is 3. The molecule has 0 saturated carbocycles. The molecule has 124 heavy (non-hydrogen) atoms. The zero-order chi connectivity index (χ0) is 89.6. The molecule has 18 atom stereocenters. The summed E-state index contributed by atoms with van der Waals surface area (Å²) in [7, 11) is 2.81. The Morgan fingerprint density at radius 2 is 1.34 bits per heavy atom. The fourth-order valence-electron chi connectivity index (χ4n) is 14.8. The van der Waals surface area contributed by atoms with Crippen molar-refractivity contribution < 1.29 is 127 Å². The predicted octanol–water partition coefficient (Wildman–Crippen LogP) is 3.50. The van der Waals surface area contributed by atoms with Gasteiger partial charge in [0.2, 0.25) is 53.4 Å². The van der Waals surface area contributed by atoms with Crippen molar-refractivity contribution in [1.29, 1.82) is 0 Å². The van der Waals surface area contributed by atoms with Crippen LogP contribution in [0.15, 0.2) is 116 Å². The number of fused-ring (bicyclic) bond motifs is 15. The molecule has 38 nitrogen and oxygen atoms in total. The minimum absolute atomic E-state index is 0.0497. The third-order valence-electron chi connectivity index (χ3n) is 21.2. The summed E-state index contributed by atoms with van der Waals surface area (Å²) in [6.07, 6.45) is -16.6. The van der Waals surface area contributed by atoms with Crippen LogP contribution in [0.4, 0.5) is 5.69 Å². The average molecular weight is 1800 g/mol. The van der Waals surface area contributed by atoms with Crippen molar-refractivity contribution in [1.82, 2.24) is 53.0 Å². The van der Waals surface area contributed by atoms with Gasteiger partial charge in [-0.15, -0.1) is 0 Å². The number of aliphatic hydroxyl groups excluding tert-OH is 6. The maximum absolute atomic E-state index is 16.4. The average Bonchev–Trinajstić information content (AvgIpc) is 0.777. The number of likely N-dealkylation sites (N-methyl/N-ethyl adjacent to an activating group) is 1. The SMILES string of the molecule is CN[C@H](CC(C)C)C(=O)N[C@H]1C(=O)N[C@@H](CC(N)=O)C(=O)N[C@H]2C(=O)N[C@H]3C(=O)N[C@H](C(=O)N[C@@H](C(=O)NOCCOC)c4cc(O)cc(O)c4-c4cc3ccc4O)[C@H](O)c3ccc(c(Cl)c3)Oc3cc2cc(c3O[C@@H]2O[C@H](CO)[C@@H](O)[C@H](O)[C@H]2O[C@H]2C[C@](C)(NCc3cncc(C(=O)Nc4cc(Cl)cc(Cl)c4)c3)[C@H](O)[C@H](C)O2)Oc2ccc(cc2Cl)[C@H]1O. The van der Waals surface area contributed by atoms with Crippen molar-refractivity contribution in [3.05, 3.63) is 175 Å². The molecular formula is C82H90Cl4N12O26. The summed E-state index contributed by atoms with van der Waals surface area (Å²) in [5, 5.41) is 130. The van der Waals surface area contributed by atoms with E-state index in [2.05, 4.69) is 58.3 Å². The molecule has 6 aromatic carbocycles. The number of anilines is 1. The largest absolute Gasteiger partial charge is 0.508 e. The summed E-state index contributed by atoms with van der Waals surface area (Å²) in [4.78, 5) is 143. The highest BCUT2D eigenvalue weighted by atomic mass is 35.5. The monoisotopic (exact) mass is 1800 g/mol. The van der Waals surface area contributed by atoms with Gasteiger partial charge in [0.1, 0.15) is 95.5 Å². The molecule has 8 heterocycles. The van der Waals surface area contributed by atoms with Crippen LogP contribution in [0.5, 0.6) is 46.0 Å². The topological polar surface area (TPSA) is 569 Å². The number of nitrogens with zero attached hydrogens (tertiary/aromatic N) is 1. The Kier molecular flexibility index (Phi) is 29.4. The van der Waals surface area contributed by atoms with Crippen molar-refractivity contribution >= 4 is 105 Å². The highest BCUT2D eigenvalue weighted by Gasteiger charge is 2.52. The van der Waals surface area contributed by atoms with Crippen molar-refractivity contribution in [3.8, 4) is 57.1 Å². The molecule has 9 amide bonds. The molecule has 14 rings (SSSR count). The molecule has 11 bridgehead atoms. The molecule has 7 aliphatic rings. The number of aromatic nitrogens is 1. The lowest BCUT2D eigenvalue weighted by Crippen LogP contribution is -2.65. The number of rotatable bonds is 22. The molecule has 2 saturated heterocycles. The zero-order valence-electron chi connectivity index (χ0n) is 66.8. The summed E-state index contributed by atoms with van der Waals surface area (Å²) in [5.74, 6) is -16.1. The first kappa shape index (κ1) is 92.3. The number of halogens is 4. The first-order chi connectivity index (χ1) is 58.9. The molecule has 0 aliphatic carbocycles. The predicted molar refractivity (Wildman–Crippen MR) is 439 cm³/mol. The number of nitrogens with two attached hydrogens (primary N) is 1. The Balaban J connectivity index is 1.03. The van der Waals surface area contributed by atoms with Gasteiger partial charge in [-0.1, -0.05) is 78.5 Å². The number of nitrogens with one attached hydrogen (secondary N) is 10. The maximum atomic E-state index is 16.4. The fourth-order valence-corrected chi connectivity index (χ4v) is 15.8. The van der Waals surface area contributed by atoms with Gasteiger partial charge >= 0.3 is 0 Å². The number of hydrogen-bond donors (Lipinski definition) is 20. The number of hydrogen-bond acceptors (Lipinski definition) is 29. The normalized spacial score (nSPS) is 26.1. The Morgan fingerprint density at radius 3 is 1.98 bits per heavy atom. The van der Waals surface area contributed by atoms with Gasteiger partial charge in [0.25, 0.3) is 11.8 Å². The van der Waals surface area contributed by atoms with E-state index in [1.54, 1.807) is 13.0 Å². The lowest BCUT2D eigenvalue weighted by Gasteiger charge is -2.48. The van der Waals surface area contributed by atoms with E-state index in [9.17, 15) is 65.1 Å². The van der Waals surface area contributed by atoms with Crippen LogP contribution in [0, 0.1) is 5.92 Å². The van der Waals surface area contributed by atoms with Crippen LogP contribution < -0.4 is 73.3 Å². The second-order valence-corrected chi connectivity index (χ2v) is 32.3. The van der Waals surface area contributed by atoms with Crippen LogP contribution in [0.25, 0.3) is 11.1 Å². The van der Waals surface area contributed by atoms with Gasteiger partial charge in [0, 0.05) is 70.9 Å². The van der Waals surface area contributed by atoms with E-state index in [1.807, 2.05) is 13.8 Å². The van der Waals surface area contributed by atoms with E-state index in [1.165, 1.54) is 63.8 Å². The lowest BCUT2D eigenvalue weighted by atomic mass is 9.84. The number of ether oxygens (including phenoxy) is 7. The summed E-state index contributed by atoms with van der Waals surface area (Å²) in [5.41, 5.74) is 4.76. The Bertz CT molecular complexity index is 5220. The molecule has 0 spiro atoms. The molecule has 662 valence electrons. The van der Waals surface area contributed by atoms with Crippen molar-refractivity contribution in [2.75, 3.05) is 39.3 Å². The minimum Gasteiger partial charge on any atom is -0.508 e. The zero-order valence-corrected chi connectivity index (χ0v) is 69.8. The van der Waals surface area contributed by atoms with E-state index < -0.39 is 243 Å². The number of carbonyl (C=O) groups is 9. The van der Waals surface area contributed by atoms with Crippen LogP contribution in [0.2, 0.25) is 20.1 Å². The van der Waals surface area contributed by atoms with Crippen LogP contribution in [0.3, 0.4) is 0 Å². The van der Waals surface area contributed by atoms with Gasteiger partial charge in [-0.25, -0.2) is 5.48 Å². The van der Waals surface area contributed by atoms with Crippen molar-refractivity contribution in [2.45, 2.75) is 163 Å². The van der Waals surface area contributed by atoms with Gasteiger partial charge in [0.05, 0.1) is 60.1 Å². The summed E-state index contributed by atoms with van der Waals surface area (Å²) in [6.45, 7) is 5.36. The van der Waals surface area contributed by atoms with Gasteiger partial charge in [-0.2, -0.15) is 0 Å². The van der Waals surface area contributed by atoms with Gasteiger partial charge in [0.15, 0.2) is 23.9 Å². The number of phenols is 3. The Morgan fingerprint density at radius 1 is 0.694 bits per heavy atom. The maximum Gasteiger partial charge on any atom is 0.270 e. The molecule has 0 radical (unpaired) electrons. The van der Waals surface area contributed by atoms with E-state index in [0.29, 0.717) is 11.3 Å². The molecule has 0 unspecified atom stereocenters. The number of aliphatic hydroxyl groups is 6. The number of phenolic OH excluding ortho intramolecular Hbond substituents is 3. The van der Waals surface area contributed by atoms with Gasteiger partial charge in [-0.05, 0) is 145 Å². The number of pyridine rings is 1. The van der Waals surface area contributed by atoms with Crippen LogP contribution in [-0.4, -0.2) is 217 Å². The Hall–Kier alpha value is -10.9. The van der Waals surface area contributed by atoms with E-state index in [0.717, 1.165) is 66.7 Å². The summed E-state index contributed by atoms with van der Waals surface area (Å²) < 4.78 is 44.6. The number of methoxy groups -OCH3 is 1. The Labute approximate surface area is 726 Å². The van der Waals surface area contributed by atoms with Crippen LogP contribution in [-0.2, 0) is 68.7 Å². The standard InChI is InChI=1S/C82H90Cl4N12O26/c1-33(2)15-49(88-5)74(110)96-64-66(104)37-8-11-53(47(85)18-37)120-55-20-39-21-56(70(55)124-81-71(69(107)68(106)57(32-99)122-81)123-59-28-82(4,72(108)34(3)119-59)90-30-35-16-40(31-89-29-35)73(109)91-43-23-41(83)22-42(84)24-43)121-54-12-9-38(19-48(54)86)67(105)65-79(115)95-63(80(116)98-118-14-13-117-6)46-25-44(100)26-52(102)60(46)45-17-36(7-10-51(45)101)61(76(112)97-65)94-77(113)62(39)93-75(111)50(27-58(87)103)92-78(64)114/h7-12,16-26,29,31,33-34,49-50,57,59,61-69,71-72,81,88,90,99-102,104-108H,13-15,27-28,30,32H2,1-6H3,(H2,87,103)(H,91,109)(H,92,114)(H,93,111)(H,94,113)(H,95,115)(H,96,110)(H,97,112)(H,98,116)/t34-,49+,50-,57+,59-,61+,62+,63+,64+,65-,66+,67+,68+,69-,71+,72+,81-,82-/m0/s1. The van der Waals surface area contributed by atoms with E-state index in [4.69, 9.17) is 90.1 Å². The lowest BCUT2D eigenvalue weighted by molar-refractivity contribution is -0.334. The molecule has 1 aromatic heterocycles. The molecule has 42 heteroatoms. The minimum atomic E-state index is -2.39. The number of hydroxylamine groups is 1. The second kappa shape index (κ2) is 39.6. The third kappa shape index (κ3) is 21.0. The van der Waals surface area contributed by atoms with E-state index >= 15 is 24.0 Å². The highest BCUT2D eigenvalue weighted by molar-refractivity contribution is 6.35. The number of carbonyl (C=O) groups excluding carboxylic acids is 9. The molecule has 7 aromatic rings. The summed E-state index contributed by atoms with van der Waals surface area (Å²) in [6, 6.07) is 5.58. The van der Waals surface area contributed by atoms with Gasteiger partial charge < -0.3 is 133 Å². The van der Waals surface area contributed by atoms with Crippen LogP contribution in [0.1, 0.15) is 121 Å². The first-order valence-electron chi connectivity index (χ1n) is 38.7. The smallest absolute Gasteiger partial charge is 0.270 e. The first-order valence-corrected chi connectivity index (χ1v) is 40.3. The highest BCUT2D eigenvalue weighted by Crippen LogP contribution is 2.50. The van der Waals surface area contributed by atoms with E-state index in [-0.39, 0.29) is 81.6 Å². The molecular weight excluding hydrogens is 1710 g/mol. The third-order valence-corrected chi connectivity index (χ3v) is 22.2. The molecule has 7 aliphatic heterocycles. The number of benzene rings is 6. The number of primary amides is 1. The quantitative estimate of drug-likeness (QED) is 0.0341. The van der Waals surface area contributed by atoms with Crippen molar-refractivity contribution in [2.24, 2.45) is 11.7 Å². The summed E-state index contributed by atoms with van der Waals surface area (Å²) >= 11 is 26.8. The number of amides is 9. The van der Waals surface area contributed by atoms with Crippen molar-refractivity contribution in [3.63, 3.8) is 0 Å². The molecule has 2 fully saturated rings. The molecule has 21 N–H and O–H groups in total.